The van der Waals surface area contributed by atoms with Crippen LogP contribution < -0.4 is 20.9 Å². The Morgan fingerprint density at radius 1 is 0.897 bits per heavy atom. The van der Waals surface area contributed by atoms with Crippen molar-refractivity contribution in [3.63, 3.8) is 0 Å². The molecule has 0 aromatic heterocycles. The fourth-order valence-electron chi connectivity index (χ4n) is 2.67. The minimum atomic E-state index is -0.475. The van der Waals surface area contributed by atoms with Crippen LogP contribution in [-0.2, 0) is 9.59 Å². The van der Waals surface area contributed by atoms with Crippen LogP contribution in [0.5, 0.6) is 5.75 Å². The summed E-state index contributed by atoms with van der Waals surface area (Å²) in [5, 5.41) is 2.78. The van der Waals surface area contributed by atoms with Crippen molar-refractivity contribution in [1.29, 1.82) is 0 Å². The number of hydrogen-bond donors (Lipinski definition) is 3. The molecule has 7 nitrogen and oxygen atoms in total. The Kier molecular flexibility index (Phi) is 8.21. The monoisotopic (exact) mass is 397 g/mol. The van der Waals surface area contributed by atoms with E-state index in [1.165, 1.54) is 0 Å². The highest BCUT2D eigenvalue weighted by Gasteiger charge is 2.09. The molecule has 0 saturated heterocycles. The number of aryl methyl sites for hydroxylation is 2. The number of anilines is 1. The molecule has 0 radical (unpaired) electrons. The quantitative estimate of drug-likeness (QED) is 0.596. The summed E-state index contributed by atoms with van der Waals surface area (Å²) < 4.78 is 5.44. The average molecular weight is 397 g/mol. The minimum Gasteiger partial charge on any atom is -0.484 e. The van der Waals surface area contributed by atoms with Gasteiger partial charge in [-0.15, -0.1) is 0 Å². The Morgan fingerprint density at radius 2 is 1.55 bits per heavy atom. The molecule has 0 aliphatic carbocycles. The SMILES string of the molecule is CCCCC(=O)Nc1ccc(C(=O)NNC(=O)COc2cc(C)cc(C)c2)cc1. The first-order valence-electron chi connectivity index (χ1n) is 9.57. The number of hydrogen-bond acceptors (Lipinski definition) is 4. The molecule has 0 heterocycles. The van der Waals surface area contributed by atoms with Gasteiger partial charge >= 0.3 is 0 Å². The van der Waals surface area contributed by atoms with E-state index >= 15 is 0 Å². The molecular formula is C22H27N3O4. The van der Waals surface area contributed by atoms with Crippen molar-refractivity contribution >= 4 is 23.4 Å². The second-order valence-corrected chi connectivity index (χ2v) is 6.84. The lowest BCUT2D eigenvalue weighted by atomic mass is 10.1. The second kappa shape index (κ2) is 10.8. The minimum absolute atomic E-state index is 0.0554. The maximum Gasteiger partial charge on any atom is 0.276 e. The van der Waals surface area contributed by atoms with Crippen molar-refractivity contribution < 1.29 is 19.1 Å². The zero-order valence-electron chi connectivity index (χ0n) is 17.0. The number of amides is 3. The molecule has 3 amide bonds. The first-order valence-corrected chi connectivity index (χ1v) is 9.57. The summed E-state index contributed by atoms with van der Waals surface area (Å²) in [6.45, 7) is 5.70. The van der Waals surface area contributed by atoms with Crippen LogP contribution in [0.15, 0.2) is 42.5 Å². The Bertz CT molecular complexity index is 843. The molecule has 29 heavy (non-hydrogen) atoms. The Morgan fingerprint density at radius 3 is 2.17 bits per heavy atom. The highest BCUT2D eigenvalue weighted by molar-refractivity contribution is 5.96. The molecule has 154 valence electrons. The predicted octanol–water partition coefficient (Wildman–Crippen LogP) is 3.27. The lowest BCUT2D eigenvalue weighted by Gasteiger charge is -2.10. The highest BCUT2D eigenvalue weighted by Crippen LogP contribution is 2.16. The summed E-state index contributed by atoms with van der Waals surface area (Å²) in [4.78, 5) is 35.7. The van der Waals surface area contributed by atoms with Crippen LogP contribution in [0.25, 0.3) is 0 Å². The second-order valence-electron chi connectivity index (χ2n) is 6.84. The number of rotatable bonds is 8. The topological polar surface area (TPSA) is 96.5 Å². The van der Waals surface area contributed by atoms with Gasteiger partial charge in [-0.2, -0.15) is 0 Å². The van der Waals surface area contributed by atoms with E-state index < -0.39 is 11.8 Å². The average Bonchev–Trinajstić information content (AvgIpc) is 2.68. The van der Waals surface area contributed by atoms with E-state index in [0.717, 1.165) is 24.0 Å². The third-order valence-electron chi connectivity index (χ3n) is 4.07. The predicted molar refractivity (Wildman–Crippen MR) is 112 cm³/mol. The number of ether oxygens (including phenoxy) is 1. The van der Waals surface area contributed by atoms with Crippen LogP contribution in [-0.4, -0.2) is 24.3 Å². The van der Waals surface area contributed by atoms with Crippen molar-refractivity contribution in [3.8, 4) is 5.75 Å². The van der Waals surface area contributed by atoms with Gasteiger partial charge in [-0.05, 0) is 67.8 Å². The van der Waals surface area contributed by atoms with Gasteiger partial charge in [0, 0.05) is 17.7 Å². The highest BCUT2D eigenvalue weighted by atomic mass is 16.5. The van der Waals surface area contributed by atoms with Gasteiger partial charge in [0.2, 0.25) is 5.91 Å². The van der Waals surface area contributed by atoms with Gasteiger partial charge in [0.25, 0.3) is 11.8 Å². The summed E-state index contributed by atoms with van der Waals surface area (Å²) in [5.74, 6) is -0.397. The van der Waals surface area contributed by atoms with Gasteiger partial charge in [0.15, 0.2) is 6.61 Å². The van der Waals surface area contributed by atoms with Crippen molar-refractivity contribution in [2.24, 2.45) is 0 Å². The van der Waals surface area contributed by atoms with Crippen LogP contribution in [0.2, 0.25) is 0 Å². The maximum atomic E-state index is 12.1. The van der Waals surface area contributed by atoms with Gasteiger partial charge in [0.1, 0.15) is 5.75 Å². The van der Waals surface area contributed by atoms with Gasteiger partial charge in [-0.25, -0.2) is 0 Å². The van der Waals surface area contributed by atoms with E-state index in [4.69, 9.17) is 4.74 Å². The smallest absolute Gasteiger partial charge is 0.276 e. The molecule has 0 spiro atoms. The number of unbranched alkanes of at least 4 members (excludes halogenated alkanes) is 1. The third-order valence-corrected chi connectivity index (χ3v) is 4.07. The number of carbonyl (C=O) groups is 3. The molecule has 2 aromatic rings. The Balaban J connectivity index is 1.77. The van der Waals surface area contributed by atoms with Crippen molar-refractivity contribution in [1.82, 2.24) is 10.9 Å². The van der Waals surface area contributed by atoms with Gasteiger partial charge in [-0.3, -0.25) is 25.2 Å². The summed E-state index contributed by atoms with van der Waals surface area (Å²) in [5.41, 5.74) is 7.71. The van der Waals surface area contributed by atoms with Crippen LogP contribution in [0.1, 0.15) is 47.7 Å². The molecule has 2 rings (SSSR count). The van der Waals surface area contributed by atoms with Gasteiger partial charge < -0.3 is 10.1 Å². The van der Waals surface area contributed by atoms with E-state index in [1.54, 1.807) is 24.3 Å². The van der Waals surface area contributed by atoms with Gasteiger partial charge in [-0.1, -0.05) is 19.4 Å². The van der Waals surface area contributed by atoms with Crippen LogP contribution in [0.3, 0.4) is 0 Å². The fraction of sp³-hybridized carbons (Fsp3) is 0.318. The van der Waals surface area contributed by atoms with Crippen molar-refractivity contribution in [3.05, 3.63) is 59.2 Å². The summed E-state index contributed by atoms with van der Waals surface area (Å²) in [6, 6.07) is 12.1. The molecule has 7 heteroatoms. The van der Waals surface area contributed by atoms with E-state index in [9.17, 15) is 14.4 Å². The molecule has 0 bridgehead atoms. The third kappa shape index (κ3) is 7.65. The fourth-order valence-corrected chi connectivity index (χ4v) is 2.67. The summed E-state index contributed by atoms with van der Waals surface area (Å²) >= 11 is 0. The van der Waals surface area contributed by atoms with E-state index in [0.29, 0.717) is 23.4 Å². The molecule has 0 saturated carbocycles. The molecule has 0 fully saturated rings. The molecule has 0 atom stereocenters. The van der Waals surface area contributed by atoms with Crippen LogP contribution >= 0.6 is 0 Å². The number of nitrogens with one attached hydrogen (secondary N) is 3. The van der Waals surface area contributed by atoms with E-state index in [-0.39, 0.29) is 12.5 Å². The molecule has 0 unspecified atom stereocenters. The maximum absolute atomic E-state index is 12.1. The summed E-state index contributed by atoms with van der Waals surface area (Å²) in [6.07, 6.45) is 2.25. The van der Waals surface area contributed by atoms with E-state index in [1.807, 2.05) is 39.0 Å². The zero-order chi connectivity index (χ0) is 21.2. The van der Waals surface area contributed by atoms with Crippen molar-refractivity contribution in [2.45, 2.75) is 40.0 Å². The molecular weight excluding hydrogens is 370 g/mol. The molecule has 0 aliphatic heterocycles. The Hall–Kier alpha value is -3.35. The number of carbonyl (C=O) groups excluding carboxylic acids is 3. The lowest BCUT2D eigenvalue weighted by molar-refractivity contribution is -0.123. The normalized spacial score (nSPS) is 10.2. The Labute approximate surface area is 170 Å². The summed E-state index contributed by atoms with van der Waals surface area (Å²) in [7, 11) is 0. The number of benzene rings is 2. The lowest BCUT2D eigenvalue weighted by Crippen LogP contribution is -2.43. The standard InChI is InChI=1S/C22H27N3O4/c1-4-5-6-20(26)23-18-9-7-17(8-10-18)22(28)25-24-21(27)14-29-19-12-15(2)11-16(3)13-19/h7-13H,4-6,14H2,1-3H3,(H,23,26)(H,24,27)(H,25,28). The zero-order valence-corrected chi connectivity index (χ0v) is 17.0. The van der Waals surface area contributed by atoms with Crippen LogP contribution in [0.4, 0.5) is 5.69 Å². The first kappa shape index (κ1) is 21.9. The van der Waals surface area contributed by atoms with Gasteiger partial charge in [0.05, 0.1) is 0 Å². The molecule has 0 aliphatic rings. The number of hydrazine groups is 1. The largest absolute Gasteiger partial charge is 0.484 e. The molecule has 2 aromatic carbocycles. The van der Waals surface area contributed by atoms with E-state index in [2.05, 4.69) is 16.2 Å². The molecule has 3 N–H and O–H groups in total. The van der Waals surface area contributed by atoms with Crippen LogP contribution in [0, 0.1) is 13.8 Å². The first-order chi connectivity index (χ1) is 13.9. The van der Waals surface area contributed by atoms with Crippen molar-refractivity contribution in [2.75, 3.05) is 11.9 Å².